The van der Waals surface area contributed by atoms with Gasteiger partial charge in [0.05, 0.1) is 16.6 Å². The molecule has 2 aromatic carbocycles. The molecule has 4 heteroatoms. The zero-order valence-corrected chi connectivity index (χ0v) is 17.5. The van der Waals surface area contributed by atoms with E-state index in [9.17, 15) is 0 Å². The van der Waals surface area contributed by atoms with Crippen molar-refractivity contribution < 1.29 is 0 Å². The minimum Gasteiger partial charge on any atom is -0.279 e. The predicted octanol–water partition coefficient (Wildman–Crippen LogP) is 6.46. The molecule has 1 fully saturated rings. The number of rotatable bonds is 0. The van der Waals surface area contributed by atoms with Crippen LogP contribution < -0.4 is 0 Å². The Morgan fingerprint density at radius 1 is 1.04 bits per heavy atom. The summed E-state index contributed by atoms with van der Waals surface area (Å²) < 4.78 is 3.34. The highest BCUT2D eigenvalue weighted by Gasteiger charge is 2.37. The van der Waals surface area contributed by atoms with Crippen LogP contribution in [-0.2, 0) is 5.41 Å². The normalized spacial score (nSPS) is 21.6. The molecule has 2 atom stereocenters. The van der Waals surface area contributed by atoms with Gasteiger partial charge in [0, 0.05) is 15.3 Å². The second kappa shape index (κ2) is 5.11. The fraction of sp³-hybridized carbons (Fsp3) is 0.391. The molecular weight excluding hydrogens is 398 g/mol. The SMILES string of the molecule is CC(C)(C)c1nc2c(Br)cccc2c2nc3cc4c(cc3n12)C1CCC4C1. The molecule has 2 bridgehead atoms. The van der Waals surface area contributed by atoms with Crippen LogP contribution in [0.3, 0.4) is 0 Å². The lowest BCUT2D eigenvalue weighted by molar-refractivity contribution is 0.542. The summed E-state index contributed by atoms with van der Waals surface area (Å²) in [5.41, 5.74) is 7.40. The number of hydrogen-bond acceptors (Lipinski definition) is 2. The molecule has 0 aliphatic heterocycles. The first-order valence-electron chi connectivity index (χ1n) is 9.86. The van der Waals surface area contributed by atoms with Gasteiger partial charge in [0.2, 0.25) is 0 Å². The summed E-state index contributed by atoms with van der Waals surface area (Å²) in [7, 11) is 0. The van der Waals surface area contributed by atoms with E-state index in [0.29, 0.717) is 0 Å². The van der Waals surface area contributed by atoms with Crippen LogP contribution in [0.15, 0.2) is 34.8 Å². The number of aromatic nitrogens is 3. The van der Waals surface area contributed by atoms with E-state index < -0.39 is 0 Å². The standard InChI is InChI=1S/C23H22BrN3/c1-23(2,3)22-26-20-14(5-4-6-17(20)24)21-25-18-10-15-12-7-8-13(9-12)16(15)11-19(18)27(21)22/h4-6,10-13H,7-9H2,1-3H3. The van der Waals surface area contributed by atoms with E-state index in [1.54, 1.807) is 11.1 Å². The first-order valence-corrected chi connectivity index (χ1v) is 10.7. The molecule has 2 aliphatic carbocycles. The van der Waals surface area contributed by atoms with Gasteiger partial charge >= 0.3 is 0 Å². The number of fused-ring (bicyclic) bond motifs is 10. The Balaban J connectivity index is 1.82. The smallest absolute Gasteiger partial charge is 0.148 e. The fourth-order valence-corrected chi connectivity index (χ4v) is 5.73. The summed E-state index contributed by atoms with van der Waals surface area (Å²) in [6.45, 7) is 6.70. The molecule has 0 saturated heterocycles. The number of imidazole rings is 1. The first kappa shape index (κ1) is 16.1. The van der Waals surface area contributed by atoms with E-state index in [1.165, 1.54) is 24.8 Å². The van der Waals surface area contributed by atoms with Gasteiger partial charge < -0.3 is 0 Å². The summed E-state index contributed by atoms with van der Waals surface area (Å²) in [6.07, 6.45) is 4.03. The maximum Gasteiger partial charge on any atom is 0.148 e. The van der Waals surface area contributed by atoms with Crippen molar-refractivity contribution in [1.29, 1.82) is 0 Å². The Bertz CT molecular complexity index is 1260. The molecule has 2 aromatic heterocycles. The van der Waals surface area contributed by atoms with Crippen molar-refractivity contribution >= 4 is 43.5 Å². The molecule has 2 heterocycles. The number of halogens is 1. The minimum atomic E-state index is -0.0760. The number of hydrogen-bond donors (Lipinski definition) is 0. The van der Waals surface area contributed by atoms with Crippen LogP contribution in [0.4, 0.5) is 0 Å². The Hall–Kier alpha value is -1.94. The molecule has 0 radical (unpaired) electrons. The van der Waals surface area contributed by atoms with Crippen LogP contribution in [-0.4, -0.2) is 14.4 Å². The molecule has 1 saturated carbocycles. The average Bonchev–Trinajstić information content (AvgIpc) is 3.32. The van der Waals surface area contributed by atoms with Crippen molar-refractivity contribution in [2.45, 2.75) is 57.3 Å². The van der Waals surface area contributed by atoms with Crippen molar-refractivity contribution in [3.05, 3.63) is 51.8 Å². The largest absolute Gasteiger partial charge is 0.279 e. The third kappa shape index (κ3) is 2.08. The van der Waals surface area contributed by atoms with Gasteiger partial charge in [-0.2, -0.15) is 0 Å². The van der Waals surface area contributed by atoms with Gasteiger partial charge in [-0.1, -0.05) is 26.8 Å². The average molecular weight is 420 g/mol. The molecule has 136 valence electrons. The van der Waals surface area contributed by atoms with Crippen molar-refractivity contribution in [1.82, 2.24) is 14.4 Å². The van der Waals surface area contributed by atoms with Crippen LogP contribution in [0.25, 0.3) is 27.6 Å². The highest BCUT2D eigenvalue weighted by Crippen LogP contribution is 2.54. The van der Waals surface area contributed by atoms with E-state index in [-0.39, 0.29) is 5.41 Å². The first-order chi connectivity index (χ1) is 12.9. The quantitative estimate of drug-likeness (QED) is 0.327. The highest BCUT2D eigenvalue weighted by molar-refractivity contribution is 9.10. The van der Waals surface area contributed by atoms with Crippen LogP contribution in [0.1, 0.15) is 68.8 Å². The van der Waals surface area contributed by atoms with Gasteiger partial charge in [-0.3, -0.25) is 4.40 Å². The topological polar surface area (TPSA) is 30.2 Å². The third-order valence-electron chi connectivity index (χ3n) is 6.50. The Morgan fingerprint density at radius 3 is 2.52 bits per heavy atom. The Kier molecular flexibility index (Phi) is 3.04. The second-order valence-electron chi connectivity index (χ2n) is 9.27. The van der Waals surface area contributed by atoms with Crippen LogP contribution >= 0.6 is 15.9 Å². The lowest BCUT2D eigenvalue weighted by atomic mass is 9.91. The maximum atomic E-state index is 5.12. The predicted molar refractivity (Wildman–Crippen MR) is 114 cm³/mol. The van der Waals surface area contributed by atoms with Crippen LogP contribution in [0.2, 0.25) is 0 Å². The number of para-hydroxylation sites is 1. The zero-order valence-electron chi connectivity index (χ0n) is 15.9. The molecule has 6 rings (SSSR count). The summed E-state index contributed by atoms with van der Waals surface area (Å²) in [5.74, 6) is 2.58. The summed E-state index contributed by atoms with van der Waals surface area (Å²) >= 11 is 3.70. The van der Waals surface area contributed by atoms with Gasteiger partial charge in [-0.25, -0.2) is 9.97 Å². The van der Waals surface area contributed by atoms with E-state index in [2.05, 4.69) is 71.4 Å². The van der Waals surface area contributed by atoms with E-state index >= 15 is 0 Å². The Labute approximate surface area is 166 Å². The molecule has 0 amide bonds. The van der Waals surface area contributed by atoms with Crippen molar-refractivity contribution in [2.75, 3.05) is 0 Å². The van der Waals surface area contributed by atoms with Gasteiger partial charge in [0.25, 0.3) is 0 Å². The second-order valence-corrected chi connectivity index (χ2v) is 10.1. The van der Waals surface area contributed by atoms with E-state index in [4.69, 9.17) is 9.97 Å². The lowest BCUT2D eigenvalue weighted by Crippen LogP contribution is -2.19. The summed E-state index contributed by atoms with van der Waals surface area (Å²) in [6, 6.07) is 11.1. The van der Waals surface area contributed by atoms with Gasteiger partial charge in [-0.05, 0) is 82.4 Å². The molecule has 2 unspecified atom stereocenters. The summed E-state index contributed by atoms with van der Waals surface area (Å²) in [5, 5.41) is 1.11. The fourth-order valence-electron chi connectivity index (χ4n) is 5.27. The molecule has 3 nitrogen and oxygen atoms in total. The van der Waals surface area contributed by atoms with Crippen molar-refractivity contribution in [3.8, 4) is 0 Å². The molecule has 4 aromatic rings. The molecule has 0 spiro atoms. The van der Waals surface area contributed by atoms with Gasteiger partial charge in [0.1, 0.15) is 11.5 Å². The minimum absolute atomic E-state index is 0.0760. The number of benzene rings is 2. The molecule has 27 heavy (non-hydrogen) atoms. The molecular formula is C23H22BrN3. The monoisotopic (exact) mass is 419 g/mol. The van der Waals surface area contributed by atoms with Gasteiger partial charge in [-0.15, -0.1) is 0 Å². The van der Waals surface area contributed by atoms with E-state index in [1.807, 2.05) is 0 Å². The number of nitrogens with zero attached hydrogens (tertiary/aromatic N) is 3. The van der Waals surface area contributed by atoms with Crippen molar-refractivity contribution in [2.24, 2.45) is 0 Å². The third-order valence-corrected chi connectivity index (χ3v) is 7.14. The lowest BCUT2D eigenvalue weighted by Gasteiger charge is -2.21. The summed E-state index contributed by atoms with van der Waals surface area (Å²) in [4.78, 5) is 10.2. The molecule has 2 aliphatic rings. The van der Waals surface area contributed by atoms with Crippen LogP contribution in [0.5, 0.6) is 0 Å². The zero-order chi connectivity index (χ0) is 18.5. The van der Waals surface area contributed by atoms with Crippen molar-refractivity contribution in [3.63, 3.8) is 0 Å². The van der Waals surface area contributed by atoms with Gasteiger partial charge in [0.15, 0.2) is 0 Å². The molecule has 0 N–H and O–H groups in total. The van der Waals surface area contributed by atoms with Crippen LogP contribution in [0, 0.1) is 0 Å². The maximum absolute atomic E-state index is 5.12. The highest BCUT2D eigenvalue weighted by atomic mass is 79.9. The van der Waals surface area contributed by atoms with E-state index in [0.717, 1.165) is 44.2 Å². The Morgan fingerprint density at radius 2 is 1.78 bits per heavy atom.